The van der Waals surface area contributed by atoms with Gasteiger partial charge < -0.3 is 9.84 Å². The summed E-state index contributed by atoms with van der Waals surface area (Å²) in [6.07, 6.45) is -0.626. The van der Waals surface area contributed by atoms with Gasteiger partial charge in [0.15, 0.2) is 6.10 Å². The topological polar surface area (TPSA) is 46.5 Å². The first kappa shape index (κ1) is 15.4. The normalized spacial score (nSPS) is 12.0. The molecule has 1 N–H and O–H groups in total. The first-order chi connectivity index (χ1) is 9.95. The van der Waals surface area contributed by atoms with E-state index in [9.17, 15) is 9.90 Å². The van der Waals surface area contributed by atoms with Gasteiger partial charge in [-0.1, -0.05) is 35.4 Å². The zero-order valence-electron chi connectivity index (χ0n) is 12.0. The smallest absolute Gasteiger partial charge is 0.345 e. The fourth-order valence-corrected chi connectivity index (χ4v) is 2.28. The highest BCUT2D eigenvalue weighted by Crippen LogP contribution is 2.20. The molecule has 0 aliphatic carbocycles. The first-order valence-electron chi connectivity index (χ1n) is 6.67. The predicted octanol–water partition coefficient (Wildman–Crippen LogP) is 4.03. The quantitative estimate of drug-likeness (QED) is 0.907. The van der Waals surface area contributed by atoms with E-state index in [1.54, 1.807) is 18.2 Å². The van der Waals surface area contributed by atoms with Crippen molar-refractivity contribution in [2.24, 2.45) is 0 Å². The zero-order chi connectivity index (χ0) is 15.4. The van der Waals surface area contributed by atoms with Gasteiger partial charge in [-0.05, 0) is 49.2 Å². The lowest BCUT2D eigenvalue weighted by Gasteiger charge is -2.16. The third kappa shape index (κ3) is 4.23. The minimum absolute atomic E-state index is 0.298. The molecule has 0 amide bonds. The van der Waals surface area contributed by atoms with Crippen molar-refractivity contribution in [1.82, 2.24) is 0 Å². The predicted molar refractivity (Wildman–Crippen MR) is 83.1 cm³/mol. The molecule has 0 radical (unpaired) electrons. The molecule has 0 unspecified atom stereocenters. The summed E-state index contributed by atoms with van der Waals surface area (Å²) in [6.45, 7) is 3.88. The second-order valence-electron chi connectivity index (χ2n) is 5.03. The average molecular weight is 305 g/mol. The number of aryl methyl sites for hydroxylation is 2. The molecule has 21 heavy (non-hydrogen) atoms. The summed E-state index contributed by atoms with van der Waals surface area (Å²) < 4.78 is 5.59. The largest absolute Gasteiger partial charge is 0.478 e. The highest BCUT2D eigenvalue weighted by molar-refractivity contribution is 6.30. The van der Waals surface area contributed by atoms with Gasteiger partial charge in [-0.2, -0.15) is 0 Å². The summed E-state index contributed by atoms with van der Waals surface area (Å²) in [4.78, 5) is 11.4. The van der Waals surface area contributed by atoms with Gasteiger partial charge in [0.1, 0.15) is 5.75 Å². The molecule has 0 saturated heterocycles. The molecule has 1 atom stereocenters. The Bertz CT molecular complexity index is 635. The Morgan fingerprint density at radius 2 is 1.86 bits per heavy atom. The molecule has 2 aromatic rings. The summed E-state index contributed by atoms with van der Waals surface area (Å²) in [5, 5.41) is 9.99. The maximum Gasteiger partial charge on any atom is 0.345 e. The lowest BCUT2D eigenvalue weighted by molar-refractivity contribution is -0.145. The monoisotopic (exact) mass is 304 g/mol. The van der Waals surface area contributed by atoms with E-state index in [0.717, 1.165) is 16.7 Å². The van der Waals surface area contributed by atoms with Gasteiger partial charge in [0.25, 0.3) is 0 Å². The summed E-state index contributed by atoms with van der Waals surface area (Å²) in [5.41, 5.74) is 2.97. The maximum atomic E-state index is 11.4. The first-order valence-corrected chi connectivity index (χ1v) is 7.04. The molecule has 0 aliphatic heterocycles. The fraction of sp³-hybridized carbons (Fsp3) is 0.235. The van der Waals surface area contributed by atoms with E-state index in [0.29, 0.717) is 17.2 Å². The molecule has 0 spiro atoms. The lowest BCUT2D eigenvalue weighted by Crippen LogP contribution is -2.29. The summed E-state index contributed by atoms with van der Waals surface area (Å²) in [6, 6.07) is 12.8. The van der Waals surface area contributed by atoms with Crippen LogP contribution in [-0.2, 0) is 11.2 Å². The number of carboxylic acids is 1. The number of hydrogen-bond donors (Lipinski definition) is 1. The Hall–Kier alpha value is -2.00. The van der Waals surface area contributed by atoms with Gasteiger partial charge >= 0.3 is 5.97 Å². The average Bonchev–Trinajstić information content (AvgIpc) is 2.43. The van der Waals surface area contributed by atoms with Gasteiger partial charge in [0.05, 0.1) is 0 Å². The molecule has 3 nitrogen and oxygen atoms in total. The molecule has 4 heteroatoms. The molecule has 110 valence electrons. The number of halogens is 1. The number of carbonyl (C=O) groups is 1. The lowest BCUT2D eigenvalue weighted by atomic mass is 10.0. The van der Waals surface area contributed by atoms with E-state index in [2.05, 4.69) is 0 Å². The molecule has 0 aliphatic rings. The Balaban J connectivity index is 2.15. The van der Waals surface area contributed by atoms with Gasteiger partial charge in [0.2, 0.25) is 0 Å². The van der Waals surface area contributed by atoms with Crippen molar-refractivity contribution in [3.63, 3.8) is 0 Å². The minimum Gasteiger partial charge on any atom is -0.478 e. The van der Waals surface area contributed by atoms with Crippen LogP contribution in [0.25, 0.3) is 0 Å². The van der Waals surface area contributed by atoms with E-state index in [-0.39, 0.29) is 0 Å². The van der Waals surface area contributed by atoms with Crippen molar-refractivity contribution in [3.8, 4) is 5.75 Å². The third-order valence-corrected chi connectivity index (χ3v) is 3.52. The van der Waals surface area contributed by atoms with E-state index < -0.39 is 12.1 Å². The molecule has 0 fully saturated rings. The number of rotatable bonds is 5. The zero-order valence-corrected chi connectivity index (χ0v) is 12.7. The van der Waals surface area contributed by atoms with E-state index >= 15 is 0 Å². The van der Waals surface area contributed by atoms with Gasteiger partial charge in [-0.25, -0.2) is 4.79 Å². The van der Waals surface area contributed by atoms with Crippen LogP contribution in [0.15, 0.2) is 42.5 Å². The number of hydrogen-bond acceptors (Lipinski definition) is 2. The van der Waals surface area contributed by atoms with Crippen LogP contribution in [0.4, 0.5) is 0 Å². The van der Waals surface area contributed by atoms with E-state index in [1.165, 1.54) is 0 Å². The third-order valence-electron chi connectivity index (χ3n) is 3.28. The van der Waals surface area contributed by atoms with Crippen LogP contribution in [0.1, 0.15) is 16.7 Å². The standard InChI is InChI=1S/C17H17ClO3/c1-11-3-7-15(8-4-11)21-16(17(19)20)10-13-5-6-14(18)9-12(13)2/h3-9,16H,10H2,1-2H3,(H,19,20)/t16-/m0/s1. The maximum absolute atomic E-state index is 11.4. The SMILES string of the molecule is Cc1ccc(O[C@@H](Cc2ccc(Cl)cc2C)C(=O)O)cc1. The van der Waals surface area contributed by atoms with Crippen molar-refractivity contribution in [3.05, 3.63) is 64.2 Å². The van der Waals surface area contributed by atoms with Crippen LogP contribution in [0.5, 0.6) is 5.75 Å². The molecule has 0 saturated carbocycles. The van der Waals surface area contributed by atoms with Crippen molar-refractivity contribution < 1.29 is 14.6 Å². The molecule has 0 heterocycles. The van der Waals surface area contributed by atoms with Crippen LogP contribution in [-0.4, -0.2) is 17.2 Å². The van der Waals surface area contributed by atoms with Crippen molar-refractivity contribution in [2.45, 2.75) is 26.4 Å². The van der Waals surface area contributed by atoms with Crippen LogP contribution in [0.2, 0.25) is 5.02 Å². The molecule has 0 bridgehead atoms. The number of aliphatic carboxylic acids is 1. The molecular weight excluding hydrogens is 288 g/mol. The van der Waals surface area contributed by atoms with Crippen LogP contribution < -0.4 is 4.74 Å². The Morgan fingerprint density at radius 3 is 2.43 bits per heavy atom. The van der Waals surface area contributed by atoms with Crippen molar-refractivity contribution in [1.29, 1.82) is 0 Å². The summed E-state index contributed by atoms with van der Waals surface area (Å²) in [7, 11) is 0. The highest BCUT2D eigenvalue weighted by atomic mass is 35.5. The number of ether oxygens (including phenoxy) is 1. The van der Waals surface area contributed by atoms with Crippen molar-refractivity contribution >= 4 is 17.6 Å². The Kier molecular flexibility index (Phi) is 4.86. The van der Waals surface area contributed by atoms with Gasteiger partial charge in [-0.15, -0.1) is 0 Å². The Labute approximate surface area is 129 Å². The molecular formula is C17H17ClO3. The minimum atomic E-state index is -0.982. The van der Waals surface area contributed by atoms with Gasteiger partial charge in [0, 0.05) is 11.4 Å². The van der Waals surface area contributed by atoms with E-state index in [1.807, 2.05) is 38.1 Å². The van der Waals surface area contributed by atoms with E-state index in [4.69, 9.17) is 16.3 Å². The molecule has 2 rings (SSSR count). The Morgan fingerprint density at radius 1 is 1.19 bits per heavy atom. The molecule has 0 aromatic heterocycles. The second kappa shape index (κ2) is 6.64. The summed E-state index contributed by atoms with van der Waals surface area (Å²) >= 11 is 5.91. The van der Waals surface area contributed by atoms with Crippen LogP contribution in [0, 0.1) is 13.8 Å². The highest BCUT2D eigenvalue weighted by Gasteiger charge is 2.21. The summed E-state index contributed by atoms with van der Waals surface area (Å²) in [5.74, 6) is -0.426. The molecule has 2 aromatic carbocycles. The van der Waals surface area contributed by atoms with Crippen LogP contribution >= 0.6 is 11.6 Å². The number of benzene rings is 2. The van der Waals surface area contributed by atoms with Crippen LogP contribution in [0.3, 0.4) is 0 Å². The number of carboxylic acid groups (broad SMARTS) is 1. The fourth-order valence-electron chi connectivity index (χ4n) is 2.05. The second-order valence-corrected chi connectivity index (χ2v) is 5.47. The van der Waals surface area contributed by atoms with Gasteiger partial charge in [-0.3, -0.25) is 0 Å². The van der Waals surface area contributed by atoms with Crippen molar-refractivity contribution in [2.75, 3.05) is 0 Å².